The largest absolute Gasteiger partial charge is 0.467 e. The molecule has 3 atom stereocenters. The molecule has 2 aromatic rings. The first kappa shape index (κ1) is 15.1. The summed E-state index contributed by atoms with van der Waals surface area (Å²) in [5.74, 6) is 1.83. The van der Waals surface area contributed by atoms with Gasteiger partial charge >= 0.3 is 0 Å². The number of thiophene rings is 1. The van der Waals surface area contributed by atoms with Gasteiger partial charge in [-0.3, -0.25) is 0 Å². The second-order valence-corrected chi connectivity index (χ2v) is 7.81. The molecule has 0 radical (unpaired) electrons. The van der Waals surface area contributed by atoms with Gasteiger partial charge in [-0.05, 0) is 49.4 Å². The molecule has 3 rings (SSSR count). The van der Waals surface area contributed by atoms with Crippen LogP contribution in [0.2, 0.25) is 4.34 Å². The van der Waals surface area contributed by atoms with Gasteiger partial charge in [-0.25, -0.2) is 0 Å². The summed E-state index contributed by atoms with van der Waals surface area (Å²) in [6, 6.07) is 8.75. The van der Waals surface area contributed by atoms with Crippen LogP contribution >= 0.6 is 22.9 Å². The van der Waals surface area contributed by atoms with E-state index in [1.165, 1.54) is 37.0 Å². The number of furan rings is 1. The van der Waals surface area contributed by atoms with E-state index < -0.39 is 0 Å². The van der Waals surface area contributed by atoms with E-state index in [1.807, 2.05) is 18.2 Å². The SMILES string of the molecule is CC1CCCC(NC(c2ccco2)c2ccc(Cl)s2)CC1. The van der Waals surface area contributed by atoms with Crippen molar-refractivity contribution in [2.45, 2.75) is 51.1 Å². The topological polar surface area (TPSA) is 25.2 Å². The minimum Gasteiger partial charge on any atom is -0.467 e. The molecule has 0 amide bonds. The lowest BCUT2D eigenvalue weighted by Crippen LogP contribution is -2.32. The molecule has 4 heteroatoms. The molecule has 1 aliphatic rings. The maximum atomic E-state index is 6.11. The molecule has 2 nitrogen and oxygen atoms in total. The Labute approximate surface area is 135 Å². The van der Waals surface area contributed by atoms with Crippen molar-refractivity contribution in [1.82, 2.24) is 5.32 Å². The predicted molar refractivity (Wildman–Crippen MR) is 89.1 cm³/mol. The first-order chi connectivity index (χ1) is 10.2. The van der Waals surface area contributed by atoms with E-state index in [0.29, 0.717) is 6.04 Å². The van der Waals surface area contributed by atoms with Gasteiger partial charge in [0.1, 0.15) is 11.8 Å². The Kier molecular flexibility index (Phi) is 5.04. The monoisotopic (exact) mass is 323 g/mol. The Hall–Kier alpha value is -0.770. The highest BCUT2D eigenvalue weighted by Gasteiger charge is 2.24. The van der Waals surface area contributed by atoms with E-state index in [0.717, 1.165) is 16.0 Å². The summed E-state index contributed by atoms with van der Waals surface area (Å²) in [6.45, 7) is 2.37. The minimum atomic E-state index is 0.121. The molecular weight excluding hydrogens is 302 g/mol. The third-order valence-corrected chi connectivity index (χ3v) is 5.66. The predicted octanol–water partition coefficient (Wildman–Crippen LogP) is 5.64. The molecule has 1 aliphatic carbocycles. The number of rotatable bonds is 4. The normalized spacial score (nSPS) is 24.7. The van der Waals surface area contributed by atoms with Crippen LogP contribution in [0.3, 0.4) is 0 Å². The zero-order valence-corrected chi connectivity index (χ0v) is 13.9. The summed E-state index contributed by atoms with van der Waals surface area (Å²) in [5, 5.41) is 3.81. The maximum absolute atomic E-state index is 6.11. The molecule has 0 spiro atoms. The van der Waals surface area contributed by atoms with E-state index in [4.69, 9.17) is 16.0 Å². The van der Waals surface area contributed by atoms with Crippen molar-refractivity contribution < 1.29 is 4.42 Å². The highest BCUT2D eigenvalue weighted by Crippen LogP contribution is 2.33. The fraction of sp³-hybridized carbons (Fsp3) is 0.529. The molecule has 1 fully saturated rings. The van der Waals surface area contributed by atoms with Crippen LogP contribution in [0, 0.1) is 5.92 Å². The van der Waals surface area contributed by atoms with Gasteiger partial charge in [-0.1, -0.05) is 31.4 Å². The molecule has 2 aromatic heterocycles. The van der Waals surface area contributed by atoms with Crippen molar-refractivity contribution in [3.8, 4) is 0 Å². The second-order valence-electron chi connectivity index (χ2n) is 6.07. The number of hydrogen-bond donors (Lipinski definition) is 1. The zero-order valence-electron chi connectivity index (χ0n) is 12.3. The molecule has 1 N–H and O–H groups in total. The van der Waals surface area contributed by atoms with E-state index in [-0.39, 0.29) is 6.04 Å². The average molecular weight is 324 g/mol. The Bertz CT molecular complexity index is 551. The van der Waals surface area contributed by atoms with Gasteiger partial charge in [0.2, 0.25) is 0 Å². The first-order valence-electron chi connectivity index (χ1n) is 7.77. The highest BCUT2D eigenvalue weighted by molar-refractivity contribution is 7.16. The quantitative estimate of drug-likeness (QED) is 0.736. The molecule has 114 valence electrons. The maximum Gasteiger partial charge on any atom is 0.126 e. The first-order valence-corrected chi connectivity index (χ1v) is 8.96. The number of nitrogens with one attached hydrogen (secondary N) is 1. The Morgan fingerprint density at radius 1 is 1.24 bits per heavy atom. The van der Waals surface area contributed by atoms with Crippen LogP contribution in [-0.4, -0.2) is 6.04 Å². The highest BCUT2D eigenvalue weighted by atomic mass is 35.5. The molecule has 0 aliphatic heterocycles. The second kappa shape index (κ2) is 6.99. The Balaban J connectivity index is 1.76. The average Bonchev–Trinajstić information content (AvgIpc) is 3.09. The smallest absolute Gasteiger partial charge is 0.126 e. The molecule has 0 bridgehead atoms. The summed E-state index contributed by atoms with van der Waals surface area (Å²) in [7, 11) is 0. The van der Waals surface area contributed by atoms with Crippen molar-refractivity contribution in [2.24, 2.45) is 5.92 Å². The van der Waals surface area contributed by atoms with Gasteiger partial charge in [-0.2, -0.15) is 0 Å². The molecule has 3 unspecified atom stereocenters. The van der Waals surface area contributed by atoms with Crippen molar-refractivity contribution in [3.05, 3.63) is 45.5 Å². The van der Waals surface area contributed by atoms with Crippen LogP contribution in [0.4, 0.5) is 0 Å². The summed E-state index contributed by atoms with van der Waals surface area (Å²) < 4.78 is 6.49. The van der Waals surface area contributed by atoms with Crippen molar-refractivity contribution >= 4 is 22.9 Å². The fourth-order valence-corrected chi connectivity index (χ4v) is 4.26. The molecular formula is C17H22ClNOS. The molecule has 0 aromatic carbocycles. The van der Waals surface area contributed by atoms with Crippen LogP contribution in [0.25, 0.3) is 0 Å². The molecule has 0 saturated heterocycles. The van der Waals surface area contributed by atoms with Gasteiger partial charge in [-0.15, -0.1) is 11.3 Å². The van der Waals surface area contributed by atoms with E-state index in [1.54, 1.807) is 17.6 Å². The molecule has 2 heterocycles. The molecule has 1 saturated carbocycles. The fourth-order valence-electron chi connectivity index (χ4n) is 3.13. The van der Waals surface area contributed by atoms with Crippen LogP contribution < -0.4 is 5.32 Å². The van der Waals surface area contributed by atoms with E-state index >= 15 is 0 Å². The zero-order chi connectivity index (χ0) is 14.7. The number of halogens is 1. The van der Waals surface area contributed by atoms with Crippen molar-refractivity contribution in [3.63, 3.8) is 0 Å². The minimum absolute atomic E-state index is 0.121. The third kappa shape index (κ3) is 3.91. The van der Waals surface area contributed by atoms with E-state index in [9.17, 15) is 0 Å². The van der Waals surface area contributed by atoms with Crippen LogP contribution in [0.5, 0.6) is 0 Å². The molecule has 21 heavy (non-hydrogen) atoms. The third-order valence-electron chi connectivity index (χ3n) is 4.37. The standard InChI is InChI=1S/C17H22ClNOS/c1-12-4-2-5-13(8-7-12)19-17(14-6-3-11-20-14)15-9-10-16(18)21-15/h3,6,9-13,17,19H,2,4-5,7-8H2,1H3. The van der Waals surface area contributed by atoms with Gasteiger partial charge in [0, 0.05) is 10.9 Å². The summed E-state index contributed by atoms with van der Waals surface area (Å²) in [6.07, 6.45) is 8.23. The van der Waals surface area contributed by atoms with Crippen LogP contribution in [0.1, 0.15) is 55.7 Å². The lowest BCUT2D eigenvalue weighted by atomic mass is 10.0. The Morgan fingerprint density at radius 3 is 2.86 bits per heavy atom. The van der Waals surface area contributed by atoms with E-state index in [2.05, 4.69) is 18.3 Å². The van der Waals surface area contributed by atoms with Gasteiger partial charge < -0.3 is 9.73 Å². The number of hydrogen-bond acceptors (Lipinski definition) is 3. The van der Waals surface area contributed by atoms with Crippen molar-refractivity contribution in [1.29, 1.82) is 0 Å². The summed E-state index contributed by atoms with van der Waals surface area (Å²) in [4.78, 5) is 1.23. The van der Waals surface area contributed by atoms with Gasteiger partial charge in [0.25, 0.3) is 0 Å². The lowest BCUT2D eigenvalue weighted by molar-refractivity contribution is 0.380. The van der Waals surface area contributed by atoms with Crippen molar-refractivity contribution in [2.75, 3.05) is 0 Å². The Morgan fingerprint density at radius 2 is 2.14 bits per heavy atom. The summed E-state index contributed by atoms with van der Waals surface area (Å²) in [5.41, 5.74) is 0. The van der Waals surface area contributed by atoms with Gasteiger partial charge in [0.15, 0.2) is 0 Å². The van der Waals surface area contributed by atoms with Gasteiger partial charge in [0.05, 0.1) is 10.6 Å². The lowest BCUT2D eigenvalue weighted by Gasteiger charge is -2.23. The van der Waals surface area contributed by atoms with Crippen LogP contribution in [-0.2, 0) is 0 Å². The van der Waals surface area contributed by atoms with Crippen LogP contribution in [0.15, 0.2) is 34.9 Å². The summed E-state index contributed by atoms with van der Waals surface area (Å²) >= 11 is 7.75.